The van der Waals surface area contributed by atoms with E-state index in [1.807, 2.05) is 0 Å². The zero-order valence-electron chi connectivity index (χ0n) is 13.6. The Morgan fingerprint density at radius 1 is 0.833 bits per heavy atom. The fraction of sp³-hybridized carbons (Fsp3) is 0.222. The molecular weight excluding hydrogens is 312 g/mol. The molecule has 0 atom stereocenters. The van der Waals surface area contributed by atoms with Gasteiger partial charge in [-0.3, -0.25) is 0 Å². The van der Waals surface area contributed by atoms with Crippen molar-refractivity contribution in [2.24, 2.45) is 0 Å². The van der Waals surface area contributed by atoms with Crippen LogP contribution in [-0.2, 0) is 9.47 Å². The summed E-state index contributed by atoms with van der Waals surface area (Å²) in [5.74, 6) is -0.757. The standard InChI is InChI=1S/2C9H10O3/c1-2-12-9(11)7-3-5-8(10)6-4-7;1-2-12-9(11)7-5-3-4-6-8(7)10/h2*3-6,10H,2H2,1H3. The summed E-state index contributed by atoms with van der Waals surface area (Å²) in [4.78, 5) is 22.1. The summed E-state index contributed by atoms with van der Waals surface area (Å²) in [6.45, 7) is 4.14. The van der Waals surface area contributed by atoms with Crippen LogP contribution >= 0.6 is 0 Å². The molecule has 0 saturated carbocycles. The fourth-order valence-corrected chi connectivity index (χ4v) is 1.67. The van der Waals surface area contributed by atoms with Gasteiger partial charge < -0.3 is 19.7 Å². The average molecular weight is 332 g/mol. The molecule has 128 valence electrons. The van der Waals surface area contributed by atoms with Crippen LogP contribution in [0.5, 0.6) is 11.5 Å². The van der Waals surface area contributed by atoms with Crippen LogP contribution in [0.1, 0.15) is 34.6 Å². The number of carbonyl (C=O) groups is 2. The molecule has 0 saturated heterocycles. The number of ether oxygens (including phenoxy) is 2. The van der Waals surface area contributed by atoms with Gasteiger partial charge in [0.1, 0.15) is 17.1 Å². The van der Waals surface area contributed by atoms with Gasteiger partial charge in [0, 0.05) is 0 Å². The number of esters is 2. The molecule has 0 heterocycles. The highest BCUT2D eigenvalue weighted by Gasteiger charge is 2.09. The first-order valence-corrected chi connectivity index (χ1v) is 7.40. The molecule has 0 bridgehead atoms. The number of phenolic OH excluding ortho intramolecular Hbond substituents is 2. The lowest BCUT2D eigenvalue weighted by molar-refractivity contribution is 0.0514. The van der Waals surface area contributed by atoms with E-state index in [1.54, 1.807) is 26.0 Å². The topological polar surface area (TPSA) is 93.1 Å². The molecule has 0 aliphatic carbocycles. The molecule has 0 aromatic heterocycles. The highest BCUT2D eigenvalue weighted by Crippen LogP contribution is 2.16. The fourth-order valence-electron chi connectivity index (χ4n) is 1.67. The summed E-state index contributed by atoms with van der Waals surface area (Å²) < 4.78 is 9.46. The molecule has 0 amide bonds. The van der Waals surface area contributed by atoms with Crippen molar-refractivity contribution in [3.8, 4) is 11.5 Å². The minimum atomic E-state index is -0.490. The normalized spacial score (nSPS) is 9.42. The number of rotatable bonds is 4. The third kappa shape index (κ3) is 6.00. The molecule has 2 N–H and O–H groups in total. The highest BCUT2D eigenvalue weighted by molar-refractivity contribution is 5.92. The molecule has 2 aromatic rings. The van der Waals surface area contributed by atoms with E-state index < -0.39 is 5.97 Å². The van der Waals surface area contributed by atoms with Crippen LogP contribution in [-0.4, -0.2) is 35.4 Å². The number of benzene rings is 2. The second-order valence-corrected chi connectivity index (χ2v) is 4.50. The molecule has 0 fully saturated rings. The van der Waals surface area contributed by atoms with Crippen molar-refractivity contribution in [2.45, 2.75) is 13.8 Å². The van der Waals surface area contributed by atoms with E-state index in [4.69, 9.17) is 14.6 Å². The Kier molecular flexibility index (Phi) is 7.84. The summed E-state index contributed by atoms with van der Waals surface area (Å²) in [6, 6.07) is 12.2. The van der Waals surface area contributed by atoms with Gasteiger partial charge in [0.15, 0.2) is 0 Å². The second kappa shape index (κ2) is 9.89. The van der Waals surface area contributed by atoms with Crippen molar-refractivity contribution in [1.82, 2.24) is 0 Å². The third-order valence-electron chi connectivity index (χ3n) is 2.78. The van der Waals surface area contributed by atoms with Crippen molar-refractivity contribution in [1.29, 1.82) is 0 Å². The maximum absolute atomic E-state index is 11.1. The Labute approximate surface area is 140 Å². The predicted octanol–water partition coefficient (Wildman–Crippen LogP) is 3.14. The van der Waals surface area contributed by atoms with Crippen molar-refractivity contribution in [3.63, 3.8) is 0 Å². The van der Waals surface area contributed by atoms with Crippen LogP contribution < -0.4 is 0 Å². The molecule has 24 heavy (non-hydrogen) atoms. The zero-order valence-corrected chi connectivity index (χ0v) is 13.6. The summed E-state index contributed by atoms with van der Waals surface area (Å²) in [5, 5.41) is 18.1. The number of para-hydroxylation sites is 1. The highest BCUT2D eigenvalue weighted by atomic mass is 16.5. The van der Waals surface area contributed by atoms with Gasteiger partial charge in [0.2, 0.25) is 0 Å². The lowest BCUT2D eigenvalue weighted by Crippen LogP contribution is -2.04. The number of aromatic hydroxyl groups is 2. The van der Waals surface area contributed by atoms with Gasteiger partial charge in [0.05, 0.1) is 18.8 Å². The lowest BCUT2D eigenvalue weighted by atomic mass is 10.2. The van der Waals surface area contributed by atoms with E-state index in [1.165, 1.54) is 36.4 Å². The molecule has 0 radical (unpaired) electrons. The Bertz CT molecular complexity index is 663. The molecule has 0 unspecified atom stereocenters. The summed E-state index contributed by atoms with van der Waals surface area (Å²) in [7, 11) is 0. The average Bonchev–Trinajstić information content (AvgIpc) is 2.57. The Balaban J connectivity index is 0.000000240. The van der Waals surface area contributed by atoms with Crippen LogP contribution in [0, 0.1) is 0 Å². The maximum Gasteiger partial charge on any atom is 0.341 e. The largest absolute Gasteiger partial charge is 0.508 e. The molecule has 0 spiro atoms. The molecule has 6 nitrogen and oxygen atoms in total. The minimum absolute atomic E-state index is 0.0454. The van der Waals surface area contributed by atoms with Crippen LogP contribution in [0.2, 0.25) is 0 Å². The third-order valence-corrected chi connectivity index (χ3v) is 2.78. The SMILES string of the molecule is CCOC(=O)c1ccc(O)cc1.CCOC(=O)c1ccccc1O. The number of hydrogen-bond donors (Lipinski definition) is 2. The number of carbonyl (C=O) groups excluding carboxylic acids is 2. The van der Waals surface area contributed by atoms with E-state index in [2.05, 4.69) is 0 Å². The number of hydrogen-bond acceptors (Lipinski definition) is 6. The molecule has 0 aliphatic heterocycles. The maximum atomic E-state index is 11.1. The smallest absolute Gasteiger partial charge is 0.341 e. The van der Waals surface area contributed by atoms with Gasteiger partial charge in [-0.1, -0.05) is 12.1 Å². The molecule has 0 aliphatic rings. The van der Waals surface area contributed by atoms with E-state index in [9.17, 15) is 14.7 Å². The summed E-state index contributed by atoms with van der Waals surface area (Å²) in [5.41, 5.74) is 0.661. The van der Waals surface area contributed by atoms with Crippen molar-refractivity contribution < 1.29 is 29.3 Å². The van der Waals surface area contributed by atoms with Crippen LogP contribution in [0.25, 0.3) is 0 Å². The van der Waals surface area contributed by atoms with E-state index >= 15 is 0 Å². The van der Waals surface area contributed by atoms with Gasteiger partial charge in [-0.15, -0.1) is 0 Å². The van der Waals surface area contributed by atoms with Crippen LogP contribution in [0.3, 0.4) is 0 Å². The minimum Gasteiger partial charge on any atom is -0.508 e. The van der Waals surface area contributed by atoms with Gasteiger partial charge in [-0.2, -0.15) is 0 Å². The molecular formula is C18H20O6. The van der Waals surface area contributed by atoms with Gasteiger partial charge in [-0.05, 0) is 50.2 Å². The first kappa shape index (κ1) is 19.0. The van der Waals surface area contributed by atoms with Crippen molar-refractivity contribution >= 4 is 11.9 Å². The summed E-state index contributed by atoms with van der Waals surface area (Å²) in [6.07, 6.45) is 0. The Morgan fingerprint density at radius 2 is 1.38 bits per heavy atom. The monoisotopic (exact) mass is 332 g/mol. The van der Waals surface area contributed by atoms with E-state index in [0.29, 0.717) is 18.8 Å². The van der Waals surface area contributed by atoms with Gasteiger partial charge in [-0.25, -0.2) is 9.59 Å². The molecule has 2 aromatic carbocycles. The first-order chi connectivity index (χ1) is 11.5. The molecule has 6 heteroatoms. The van der Waals surface area contributed by atoms with Gasteiger partial charge >= 0.3 is 11.9 Å². The Hall–Kier alpha value is -3.02. The first-order valence-electron chi connectivity index (χ1n) is 7.40. The zero-order chi connectivity index (χ0) is 17.9. The molecule has 2 rings (SSSR count). The van der Waals surface area contributed by atoms with E-state index in [0.717, 1.165) is 0 Å². The van der Waals surface area contributed by atoms with Crippen molar-refractivity contribution in [3.05, 3.63) is 59.7 Å². The predicted molar refractivity (Wildman–Crippen MR) is 88.1 cm³/mol. The number of phenols is 2. The van der Waals surface area contributed by atoms with Crippen LogP contribution in [0.4, 0.5) is 0 Å². The quantitative estimate of drug-likeness (QED) is 0.836. The van der Waals surface area contributed by atoms with Crippen LogP contribution in [0.15, 0.2) is 48.5 Å². The second-order valence-electron chi connectivity index (χ2n) is 4.50. The van der Waals surface area contributed by atoms with Crippen molar-refractivity contribution in [2.75, 3.05) is 13.2 Å². The van der Waals surface area contributed by atoms with Gasteiger partial charge in [0.25, 0.3) is 0 Å². The van der Waals surface area contributed by atoms with E-state index in [-0.39, 0.29) is 23.0 Å². The summed E-state index contributed by atoms with van der Waals surface area (Å²) >= 11 is 0. The Morgan fingerprint density at radius 3 is 1.92 bits per heavy atom. The lowest BCUT2D eigenvalue weighted by Gasteiger charge is -2.02.